The summed E-state index contributed by atoms with van der Waals surface area (Å²) in [5.74, 6) is 1.03. The van der Waals surface area contributed by atoms with E-state index in [2.05, 4.69) is 11.2 Å². The number of benzene rings is 2. The summed E-state index contributed by atoms with van der Waals surface area (Å²) in [6, 6.07) is 16.1. The molecule has 1 amide bonds. The first-order chi connectivity index (χ1) is 15.3. The SMILES string of the molecule is COc1ccc(C(=O)N2CCC(c3cc(C)nn3-c3ccc(S(C)(=O)=O)cc3)CC2)cc1. The van der Waals surface area contributed by atoms with Crippen molar-refractivity contribution in [2.75, 3.05) is 26.5 Å². The van der Waals surface area contributed by atoms with E-state index < -0.39 is 9.84 Å². The first-order valence-corrected chi connectivity index (χ1v) is 12.5. The highest BCUT2D eigenvalue weighted by Crippen LogP contribution is 2.31. The van der Waals surface area contributed by atoms with E-state index in [1.807, 2.05) is 16.5 Å². The molecule has 3 aromatic rings. The third kappa shape index (κ3) is 4.55. The van der Waals surface area contributed by atoms with Crippen molar-refractivity contribution in [3.05, 3.63) is 71.5 Å². The van der Waals surface area contributed by atoms with Crippen molar-refractivity contribution in [2.24, 2.45) is 0 Å². The molecule has 7 nitrogen and oxygen atoms in total. The molecule has 1 aliphatic heterocycles. The smallest absolute Gasteiger partial charge is 0.253 e. The predicted octanol–water partition coefficient (Wildman–Crippen LogP) is 3.61. The molecule has 1 saturated heterocycles. The van der Waals surface area contributed by atoms with Gasteiger partial charge in [0.25, 0.3) is 5.91 Å². The second kappa shape index (κ2) is 8.78. The maximum Gasteiger partial charge on any atom is 0.253 e. The normalized spacial score (nSPS) is 15.0. The molecule has 4 rings (SSSR count). The zero-order valence-electron chi connectivity index (χ0n) is 18.5. The van der Waals surface area contributed by atoms with Crippen LogP contribution in [0.25, 0.3) is 5.69 Å². The summed E-state index contributed by atoms with van der Waals surface area (Å²) in [7, 11) is -1.64. The molecule has 1 aromatic heterocycles. The summed E-state index contributed by atoms with van der Waals surface area (Å²) in [6.07, 6.45) is 2.88. The number of hydrogen-bond donors (Lipinski definition) is 0. The largest absolute Gasteiger partial charge is 0.497 e. The van der Waals surface area contributed by atoms with Gasteiger partial charge in [-0.15, -0.1) is 0 Å². The summed E-state index contributed by atoms with van der Waals surface area (Å²) in [5.41, 5.74) is 3.49. The lowest BCUT2D eigenvalue weighted by Gasteiger charge is -2.32. The minimum absolute atomic E-state index is 0.0344. The Kier molecular flexibility index (Phi) is 6.06. The molecule has 0 radical (unpaired) electrons. The molecule has 2 heterocycles. The molecule has 8 heteroatoms. The molecule has 0 unspecified atom stereocenters. The van der Waals surface area contributed by atoms with Crippen LogP contribution in [0.2, 0.25) is 0 Å². The van der Waals surface area contributed by atoms with E-state index in [1.54, 1.807) is 55.6 Å². The van der Waals surface area contributed by atoms with Crippen LogP contribution in [0.3, 0.4) is 0 Å². The van der Waals surface area contributed by atoms with Gasteiger partial charge in [0.1, 0.15) is 5.75 Å². The molecule has 1 fully saturated rings. The molecule has 0 atom stereocenters. The van der Waals surface area contributed by atoms with Gasteiger partial charge in [0.15, 0.2) is 9.84 Å². The van der Waals surface area contributed by atoms with Crippen LogP contribution in [0.15, 0.2) is 59.5 Å². The molecule has 0 saturated carbocycles. The zero-order valence-corrected chi connectivity index (χ0v) is 19.3. The maximum absolute atomic E-state index is 12.9. The molecule has 32 heavy (non-hydrogen) atoms. The number of sulfone groups is 1. The molecule has 1 aliphatic rings. The van der Waals surface area contributed by atoms with Crippen LogP contribution in [0.5, 0.6) is 5.75 Å². The second-order valence-corrected chi connectivity index (χ2v) is 10.2. The number of carbonyl (C=O) groups is 1. The lowest BCUT2D eigenvalue weighted by molar-refractivity contribution is 0.0711. The average Bonchev–Trinajstić information content (AvgIpc) is 3.20. The molecular formula is C24H27N3O4S. The van der Waals surface area contributed by atoms with Crippen molar-refractivity contribution in [2.45, 2.75) is 30.6 Å². The van der Waals surface area contributed by atoms with E-state index in [9.17, 15) is 13.2 Å². The number of methoxy groups -OCH3 is 1. The van der Waals surface area contributed by atoms with Crippen LogP contribution in [0, 0.1) is 6.92 Å². The minimum atomic E-state index is -3.24. The summed E-state index contributed by atoms with van der Waals surface area (Å²) < 4.78 is 30.6. The Balaban J connectivity index is 1.49. The molecule has 2 aromatic carbocycles. The highest BCUT2D eigenvalue weighted by molar-refractivity contribution is 7.90. The molecular weight excluding hydrogens is 426 g/mol. The first-order valence-electron chi connectivity index (χ1n) is 10.6. The highest BCUT2D eigenvalue weighted by atomic mass is 32.2. The third-order valence-corrected chi connectivity index (χ3v) is 7.03. The Hall–Kier alpha value is -3.13. The van der Waals surface area contributed by atoms with E-state index >= 15 is 0 Å². The number of hydrogen-bond acceptors (Lipinski definition) is 5. The minimum Gasteiger partial charge on any atom is -0.497 e. The van der Waals surface area contributed by atoms with Crippen molar-refractivity contribution >= 4 is 15.7 Å². The average molecular weight is 454 g/mol. The van der Waals surface area contributed by atoms with Crippen LogP contribution < -0.4 is 4.74 Å². The van der Waals surface area contributed by atoms with Gasteiger partial charge in [0.2, 0.25) is 0 Å². The fraction of sp³-hybridized carbons (Fsp3) is 0.333. The number of nitrogens with zero attached hydrogens (tertiary/aromatic N) is 3. The number of carbonyl (C=O) groups excluding carboxylic acids is 1. The lowest BCUT2D eigenvalue weighted by Crippen LogP contribution is -2.38. The fourth-order valence-electron chi connectivity index (χ4n) is 4.15. The van der Waals surface area contributed by atoms with Crippen LogP contribution in [-0.4, -0.2) is 55.5 Å². The predicted molar refractivity (Wildman–Crippen MR) is 122 cm³/mol. The van der Waals surface area contributed by atoms with Crippen molar-refractivity contribution in [1.29, 1.82) is 0 Å². The lowest BCUT2D eigenvalue weighted by atomic mass is 9.92. The van der Waals surface area contributed by atoms with Crippen molar-refractivity contribution in [1.82, 2.24) is 14.7 Å². The van der Waals surface area contributed by atoms with Gasteiger partial charge < -0.3 is 9.64 Å². The summed E-state index contributed by atoms with van der Waals surface area (Å²) in [5, 5.41) is 4.64. The Morgan fingerprint density at radius 1 is 1.03 bits per heavy atom. The topological polar surface area (TPSA) is 81.5 Å². The highest BCUT2D eigenvalue weighted by Gasteiger charge is 2.27. The van der Waals surface area contributed by atoms with E-state index in [0.29, 0.717) is 18.7 Å². The van der Waals surface area contributed by atoms with Gasteiger partial charge in [-0.2, -0.15) is 5.10 Å². The first kappa shape index (κ1) is 22.1. The quantitative estimate of drug-likeness (QED) is 0.589. The number of likely N-dealkylation sites (tertiary alicyclic amines) is 1. The monoisotopic (exact) mass is 453 g/mol. The Labute approximate surface area is 188 Å². The van der Waals surface area contributed by atoms with Crippen LogP contribution >= 0.6 is 0 Å². The van der Waals surface area contributed by atoms with Gasteiger partial charge in [-0.3, -0.25) is 4.79 Å². The number of aromatic nitrogens is 2. The number of ether oxygens (including phenoxy) is 1. The van der Waals surface area contributed by atoms with Crippen LogP contribution in [0.1, 0.15) is 40.5 Å². The van der Waals surface area contributed by atoms with E-state index in [-0.39, 0.29) is 16.7 Å². The van der Waals surface area contributed by atoms with Gasteiger partial charge >= 0.3 is 0 Å². The number of piperidine rings is 1. The molecule has 0 spiro atoms. The van der Waals surface area contributed by atoms with Crippen molar-refractivity contribution < 1.29 is 17.9 Å². The summed E-state index contributed by atoms with van der Waals surface area (Å²) in [6.45, 7) is 3.30. The Morgan fingerprint density at radius 2 is 1.66 bits per heavy atom. The number of rotatable bonds is 5. The standard InChI is InChI=1S/C24H27N3O4S/c1-17-16-23(27(25-17)20-6-10-22(11-7-20)32(3,29)30)18-12-14-26(15-13-18)24(28)19-4-8-21(31-2)9-5-19/h4-11,16,18H,12-15H2,1-3H3. The summed E-state index contributed by atoms with van der Waals surface area (Å²) >= 11 is 0. The van der Waals surface area contributed by atoms with E-state index in [1.165, 1.54) is 6.26 Å². The van der Waals surface area contributed by atoms with Gasteiger partial charge in [-0.25, -0.2) is 13.1 Å². The zero-order chi connectivity index (χ0) is 22.9. The van der Waals surface area contributed by atoms with E-state index in [4.69, 9.17) is 4.74 Å². The fourth-order valence-corrected chi connectivity index (χ4v) is 4.78. The Morgan fingerprint density at radius 3 is 2.22 bits per heavy atom. The van der Waals surface area contributed by atoms with Gasteiger partial charge in [-0.1, -0.05) is 0 Å². The number of aryl methyl sites for hydroxylation is 1. The van der Waals surface area contributed by atoms with Crippen LogP contribution in [0.4, 0.5) is 0 Å². The van der Waals surface area contributed by atoms with Gasteiger partial charge in [0.05, 0.1) is 23.4 Å². The second-order valence-electron chi connectivity index (χ2n) is 8.18. The third-order valence-electron chi connectivity index (χ3n) is 5.91. The van der Waals surface area contributed by atoms with E-state index in [0.717, 1.165) is 35.7 Å². The number of amides is 1. The van der Waals surface area contributed by atoms with Crippen LogP contribution in [-0.2, 0) is 9.84 Å². The maximum atomic E-state index is 12.9. The molecule has 0 bridgehead atoms. The molecule has 168 valence electrons. The van der Waals surface area contributed by atoms with Gasteiger partial charge in [0, 0.05) is 36.5 Å². The van der Waals surface area contributed by atoms with Crippen molar-refractivity contribution in [3.63, 3.8) is 0 Å². The van der Waals surface area contributed by atoms with Crippen molar-refractivity contribution in [3.8, 4) is 11.4 Å². The van der Waals surface area contributed by atoms with Gasteiger partial charge in [-0.05, 0) is 74.4 Å². The Bertz CT molecular complexity index is 1210. The summed E-state index contributed by atoms with van der Waals surface area (Å²) in [4.78, 5) is 15.1. The molecule has 0 N–H and O–H groups in total. The molecule has 0 aliphatic carbocycles.